The number of amides is 2. The Kier molecular flexibility index (Phi) is 8.04. The Bertz CT molecular complexity index is 684. The van der Waals surface area contributed by atoms with E-state index in [4.69, 9.17) is 15.2 Å². The van der Waals surface area contributed by atoms with E-state index >= 15 is 0 Å². The number of benzene rings is 1. The van der Waals surface area contributed by atoms with Crippen molar-refractivity contribution in [1.29, 1.82) is 0 Å². The zero-order valence-electron chi connectivity index (χ0n) is 16.1. The zero-order valence-corrected chi connectivity index (χ0v) is 16.1. The molecule has 9 heteroatoms. The van der Waals surface area contributed by atoms with Gasteiger partial charge in [-0.2, -0.15) is 0 Å². The van der Waals surface area contributed by atoms with Crippen molar-refractivity contribution in [1.82, 2.24) is 4.90 Å². The molecular weight excluding hydrogens is 354 g/mol. The van der Waals surface area contributed by atoms with Crippen LogP contribution in [-0.4, -0.2) is 53.7 Å². The van der Waals surface area contributed by atoms with Crippen molar-refractivity contribution < 1.29 is 29.0 Å². The van der Waals surface area contributed by atoms with Crippen LogP contribution in [0.1, 0.15) is 32.8 Å². The summed E-state index contributed by atoms with van der Waals surface area (Å²) in [5.41, 5.74) is 5.42. The average molecular weight is 381 g/mol. The van der Waals surface area contributed by atoms with Crippen molar-refractivity contribution in [2.24, 2.45) is 5.73 Å². The Balaban J connectivity index is 2.60. The van der Waals surface area contributed by atoms with Crippen molar-refractivity contribution in [2.75, 3.05) is 25.5 Å². The molecule has 1 aromatic carbocycles. The van der Waals surface area contributed by atoms with Gasteiger partial charge in [0.1, 0.15) is 24.5 Å². The van der Waals surface area contributed by atoms with Gasteiger partial charge in [-0.05, 0) is 38.5 Å². The number of carbonyl (C=O) groups is 3. The molecular formula is C18H27N3O6. The van der Waals surface area contributed by atoms with Crippen LogP contribution >= 0.6 is 0 Å². The van der Waals surface area contributed by atoms with Crippen molar-refractivity contribution in [2.45, 2.75) is 39.4 Å². The summed E-state index contributed by atoms with van der Waals surface area (Å²) in [6.45, 7) is 5.05. The SMILES string of the molecule is CN(CC(=O)OC(C)(C)C)C(=O)OCc1ccc(O)c(NC(=O)CCN)c1. The molecule has 0 fully saturated rings. The first kappa shape index (κ1) is 22.2. The number of phenolic OH excluding ortho intramolecular Hbond substituents is 1. The molecule has 9 nitrogen and oxygen atoms in total. The van der Waals surface area contributed by atoms with Crippen LogP contribution in [0.4, 0.5) is 10.5 Å². The summed E-state index contributed by atoms with van der Waals surface area (Å²) in [5, 5.41) is 12.3. The van der Waals surface area contributed by atoms with Gasteiger partial charge >= 0.3 is 12.1 Å². The molecule has 0 bridgehead atoms. The van der Waals surface area contributed by atoms with E-state index in [9.17, 15) is 19.5 Å². The van der Waals surface area contributed by atoms with E-state index in [0.29, 0.717) is 5.56 Å². The maximum atomic E-state index is 12.0. The molecule has 0 aliphatic carbocycles. The van der Waals surface area contributed by atoms with E-state index in [2.05, 4.69) is 5.32 Å². The van der Waals surface area contributed by atoms with Crippen molar-refractivity contribution in [3.05, 3.63) is 23.8 Å². The van der Waals surface area contributed by atoms with Gasteiger partial charge in [0.25, 0.3) is 0 Å². The highest BCUT2D eigenvalue weighted by Crippen LogP contribution is 2.24. The minimum Gasteiger partial charge on any atom is -0.506 e. The van der Waals surface area contributed by atoms with Gasteiger partial charge in [-0.3, -0.25) is 9.59 Å². The molecule has 1 aromatic rings. The summed E-state index contributed by atoms with van der Waals surface area (Å²) < 4.78 is 10.3. The van der Waals surface area contributed by atoms with Gasteiger partial charge in [-0.1, -0.05) is 6.07 Å². The summed E-state index contributed by atoms with van der Waals surface area (Å²) in [7, 11) is 1.42. The molecule has 0 heterocycles. The fourth-order valence-corrected chi connectivity index (χ4v) is 2.00. The third-order valence-electron chi connectivity index (χ3n) is 3.17. The van der Waals surface area contributed by atoms with E-state index in [1.54, 1.807) is 26.8 Å². The number of carbonyl (C=O) groups excluding carboxylic acids is 3. The van der Waals surface area contributed by atoms with Crippen LogP contribution in [-0.2, 0) is 25.7 Å². The number of hydrogen-bond acceptors (Lipinski definition) is 7. The molecule has 2 amide bonds. The molecule has 1 rings (SSSR count). The monoisotopic (exact) mass is 381 g/mol. The van der Waals surface area contributed by atoms with Crippen molar-refractivity contribution in [3.63, 3.8) is 0 Å². The summed E-state index contributed by atoms with van der Waals surface area (Å²) in [6, 6.07) is 4.42. The Morgan fingerprint density at radius 1 is 1.26 bits per heavy atom. The van der Waals surface area contributed by atoms with Crippen molar-refractivity contribution in [3.8, 4) is 5.75 Å². The average Bonchev–Trinajstić information content (AvgIpc) is 2.53. The minimum atomic E-state index is -0.706. The lowest BCUT2D eigenvalue weighted by molar-refractivity contribution is -0.155. The highest BCUT2D eigenvalue weighted by molar-refractivity contribution is 5.92. The number of rotatable bonds is 7. The molecule has 0 radical (unpaired) electrons. The molecule has 0 saturated carbocycles. The normalized spacial score (nSPS) is 10.9. The van der Waals surface area contributed by atoms with Gasteiger partial charge in [0.2, 0.25) is 5.91 Å². The van der Waals surface area contributed by atoms with Gasteiger partial charge in [0.15, 0.2) is 0 Å². The van der Waals surface area contributed by atoms with Gasteiger partial charge in [-0.15, -0.1) is 0 Å². The molecule has 0 aliphatic heterocycles. The highest BCUT2D eigenvalue weighted by atomic mass is 16.6. The third kappa shape index (κ3) is 8.41. The predicted octanol–water partition coefficient (Wildman–Crippen LogP) is 1.59. The number of nitrogens with one attached hydrogen (secondary N) is 1. The number of esters is 1. The molecule has 0 unspecified atom stereocenters. The van der Waals surface area contributed by atoms with E-state index in [1.807, 2.05) is 0 Å². The summed E-state index contributed by atoms with van der Waals surface area (Å²) >= 11 is 0. The summed E-state index contributed by atoms with van der Waals surface area (Å²) in [6.07, 6.45) is -0.587. The number of nitrogens with two attached hydrogens (primary N) is 1. The Morgan fingerprint density at radius 2 is 1.93 bits per heavy atom. The summed E-state index contributed by atoms with van der Waals surface area (Å²) in [5.74, 6) is -0.993. The van der Waals surface area contributed by atoms with Gasteiger partial charge in [0, 0.05) is 20.0 Å². The number of hydrogen-bond donors (Lipinski definition) is 3. The van der Waals surface area contributed by atoms with Crippen LogP contribution in [0.3, 0.4) is 0 Å². The Labute approximate surface area is 158 Å². The predicted molar refractivity (Wildman–Crippen MR) is 99.1 cm³/mol. The van der Waals surface area contributed by atoms with E-state index < -0.39 is 17.7 Å². The standard InChI is InChI=1S/C18H27N3O6/c1-18(2,3)27-16(24)10-21(4)17(25)26-11-12-5-6-14(22)13(9-12)20-15(23)7-8-19/h5-6,9,22H,7-8,10-11,19H2,1-4H3,(H,20,23). The first-order chi connectivity index (χ1) is 12.5. The maximum absolute atomic E-state index is 12.0. The number of anilines is 1. The van der Waals surface area contributed by atoms with Crippen LogP contribution in [0.5, 0.6) is 5.75 Å². The second kappa shape index (κ2) is 9.77. The second-order valence-corrected chi connectivity index (χ2v) is 6.94. The van der Waals surface area contributed by atoms with Gasteiger partial charge < -0.3 is 30.5 Å². The molecule has 4 N–H and O–H groups in total. The first-order valence-corrected chi connectivity index (χ1v) is 8.43. The van der Waals surface area contributed by atoms with Crippen LogP contribution in [0, 0.1) is 0 Å². The highest BCUT2D eigenvalue weighted by Gasteiger charge is 2.20. The van der Waals surface area contributed by atoms with E-state index in [1.165, 1.54) is 19.2 Å². The molecule has 0 atom stereocenters. The van der Waals surface area contributed by atoms with Gasteiger partial charge in [-0.25, -0.2) is 4.79 Å². The van der Waals surface area contributed by atoms with E-state index in [-0.39, 0.29) is 43.5 Å². The molecule has 0 aliphatic rings. The molecule has 0 aromatic heterocycles. The quantitative estimate of drug-likeness (QED) is 0.483. The Hall–Kier alpha value is -2.81. The topological polar surface area (TPSA) is 131 Å². The number of ether oxygens (including phenoxy) is 2. The fourth-order valence-electron chi connectivity index (χ4n) is 2.00. The molecule has 27 heavy (non-hydrogen) atoms. The lowest BCUT2D eigenvalue weighted by Gasteiger charge is -2.22. The third-order valence-corrected chi connectivity index (χ3v) is 3.17. The number of nitrogens with zero attached hydrogens (tertiary/aromatic N) is 1. The first-order valence-electron chi connectivity index (χ1n) is 8.43. The summed E-state index contributed by atoms with van der Waals surface area (Å²) in [4.78, 5) is 36.4. The van der Waals surface area contributed by atoms with Crippen molar-refractivity contribution >= 4 is 23.7 Å². The minimum absolute atomic E-state index is 0.0997. The smallest absolute Gasteiger partial charge is 0.410 e. The number of aromatic hydroxyl groups is 1. The fraction of sp³-hybridized carbons (Fsp3) is 0.500. The van der Waals surface area contributed by atoms with Crippen LogP contribution < -0.4 is 11.1 Å². The number of likely N-dealkylation sites (N-methyl/N-ethyl adjacent to an activating group) is 1. The number of phenols is 1. The van der Waals surface area contributed by atoms with E-state index in [0.717, 1.165) is 4.90 Å². The maximum Gasteiger partial charge on any atom is 0.410 e. The molecule has 150 valence electrons. The molecule has 0 saturated heterocycles. The van der Waals surface area contributed by atoms with Crippen LogP contribution in [0.15, 0.2) is 18.2 Å². The van der Waals surface area contributed by atoms with Gasteiger partial charge in [0.05, 0.1) is 5.69 Å². The zero-order chi connectivity index (χ0) is 20.6. The molecule has 0 spiro atoms. The largest absolute Gasteiger partial charge is 0.506 e. The lowest BCUT2D eigenvalue weighted by atomic mass is 10.2. The Morgan fingerprint density at radius 3 is 2.52 bits per heavy atom. The van der Waals surface area contributed by atoms with Crippen LogP contribution in [0.25, 0.3) is 0 Å². The van der Waals surface area contributed by atoms with Crippen LogP contribution in [0.2, 0.25) is 0 Å². The lowest BCUT2D eigenvalue weighted by Crippen LogP contribution is -2.36. The second-order valence-electron chi connectivity index (χ2n) is 6.94.